The lowest BCUT2D eigenvalue weighted by Crippen LogP contribution is -2.38. The zero-order valence-corrected chi connectivity index (χ0v) is 17.9. The van der Waals surface area contributed by atoms with Gasteiger partial charge in [0.15, 0.2) is 0 Å². The molecule has 0 saturated carbocycles. The van der Waals surface area contributed by atoms with E-state index in [1.54, 1.807) is 27.8 Å². The normalized spacial score (nSPS) is 16.8. The van der Waals surface area contributed by atoms with Crippen LogP contribution in [-0.4, -0.2) is 40.3 Å². The number of piperidine rings is 1. The van der Waals surface area contributed by atoms with Crippen molar-refractivity contribution >= 4 is 44.3 Å². The number of halogens is 1. The van der Waals surface area contributed by atoms with Gasteiger partial charge in [-0.1, -0.05) is 11.6 Å². The van der Waals surface area contributed by atoms with Crippen LogP contribution in [0.1, 0.15) is 35.3 Å². The van der Waals surface area contributed by atoms with Crippen LogP contribution < -0.4 is 0 Å². The van der Waals surface area contributed by atoms with E-state index in [1.165, 1.54) is 0 Å². The van der Waals surface area contributed by atoms with Crippen LogP contribution in [-0.2, 0) is 16.6 Å². The number of thiophene rings is 1. The SMILES string of the molecule is Cc1nc(Cn2ccnc2C2CCN(S(=O)(=O)c3ccc(Cl)s3)CC2)cs1. The fourth-order valence-corrected chi connectivity index (χ4v) is 7.10. The largest absolute Gasteiger partial charge is 0.329 e. The summed E-state index contributed by atoms with van der Waals surface area (Å²) in [6.45, 7) is 3.68. The number of aryl methyl sites for hydroxylation is 1. The quantitative estimate of drug-likeness (QED) is 0.599. The first-order valence-corrected chi connectivity index (χ1v) is 12.1. The van der Waals surface area contributed by atoms with Crippen LogP contribution in [0.2, 0.25) is 4.34 Å². The zero-order valence-electron chi connectivity index (χ0n) is 14.7. The average molecular weight is 443 g/mol. The van der Waals surface area contributed by atoms with Gasteiger partial charge < -0.3 is 4.57 Å². The van der Waals surface area contributed by atoms with Crippen molar-refractivity contribution in [2.24, 2.45) is 0 Å². The van der Waals surface area contributed by atoms with Gasteiger partial charge in [0, 0.05) is 36.8 Å². The summed E-state index contributed by atoms with van der Waals surface area (Å²) >= 11 is 8.65. The van der Waals surface area contributed by atoms with Gasteiger partial charge in [-0.15, -0.1) is 22.7 Å². The van der Waals surface area contributed by atoms with Gasteiger partial charge >= 0.3 is 0 Å². The molecule has 0 atom stereocenters. The van der Waals surface area contributed by atoms with Crippen LogP contribution in [0.4, 0.5) is 0 Å². The molecule has 1 aliphatic rings. The summed E-state index contributed by atoms with van der Waals surface area (Å²) in [4.78, 5) is 9.07. The van der Waals surface area contributed by atoms with Crippen LogP contribution in [0.15, 0.2) is 34.1 Å². The molecule has 10 heteroatoms. The molecular weight excluding hydrogens is 424 g/mol. The molecule has 4 heterocycles. The van der Waals surface area contributed by atoms with Crippen LogP contribution in [0.25, 0.3) is 0 Å². The lowest BCUT2D eigenvalue weighted by atomic mass is 9.97. The molecule has 6 nitrogen and oxygen atoms in total. The van der Waals surface area contributed by atoms with E-state index in [-0.39, 0.29) is 5.92 Å². The van der Waals surface area contributed by atoms with Gasteiger partial charge in [0.05, 0.1) is 21.6 Å². The zero-order chi connectivity index (χ0) is 19.0. The van der Waals surface area contributed by atoms with Crippen LogP contribution in [0.3, 0.4) is 0 Å². The summed E-state index contributed by atoms with van der Waals surface area (Å²) in [6, 6.07) is 3.21. The molecule has 0 radical (unpaired) electrons. The minimum absolute atomic E-state index is 0.248. The number of hydrogen-bond acceptors (Lipinski definition) is 6. The molecule has 3 aromatic rings. The molecule has 0 aliphatic carbocycles. The number of hydrogen-bond donors (Lipinski definition) is 0. The first kappa shape index (κ1) is 19.1. The molecular formula is C17H19ClN4O2S3. The summed E-state index contributed by atoms with van der Waals surface area (Å²) in [5, 5.41) is 3.12. The molecule has 1 fully saturated rings. The first-order chi connectivity index (χ1) is 12.9. The number of imidazole rings is 1. The molecule has 0 aromatic carbocycles. The highest BCUT2D eigenvalue weighted by atomic mass is 35.5. The van der Waals surface area contributed by atoms with E-state index in [2.05, 4.69) is 19.9 Å². The second-order valence-electron chi connectivity index (χ2n) is 6.51. The highest BCUT2D eigenvalue weighted by Crippen LogP contribution is 2.33. The van der Waals surface area contributed by atoms with Gasteiger partial charge in [-0.25, -0.2) is 18.4 Å². The average Bonchev–Trinajstić information content (AvgIpc) is 3.37. The fraction of sp³-hybridized carbons (Fsp3) is 0.412. The highest BCUT2D eigenvalue weighted by molar-refractivity contribution is 7.91. The van der Waals surface area contributed by atoms with E-state index in [4.69, 9.17) is 11.6 Å². The van der Waals surface area contributed by atoms with E-state index in [0.717, 1.165) is 40.7 Å². The van der Waals surface area contributed by atoms with Crippen molar-refractivity contribution in [3.8, 4) is 0 Å². The Morgan fingerprint density at radius 3 is 2.70 bits per heavy atom. The van der Waals surface area contributed by atoms with Crippen molar-refractivity contribution in [2.45, 2.75) is 36.4 Å². The Labute approximate surface area is 171 Å². The predicted molar refractivity (Wildman–Crippen MR) is 108 cm³/mol. The molecule has 0 N–H and O–H groups in total. The van der Waals surface area contributed by atoms with Gasteiger partial charge in [-0.2, -0.15) is 4.31 Å². The summed E-state index contributed by atoms with van der Waals surface area (Å²) < 4.78 is 30.0. The molecule has 27 heavy (non-hydrogen) atoms. The van der Waals surface area contributed by atoms with E-state index in [0.29, 0.717) is 28.2 Å². The lowest BCUT2D eigenvalue weighted by molar-refractivity contribution is 0.310. The Morgan fingerprint density at radius 1 is 1.30 bits per heavy atom. The van der Waals surface area contributed by atoms with Crippen LogP contribution in [0, 0.1) is 6.92 Å². The van der Waals surface area contributed by atoms with Crippen molar-refractivity contribution in [3.05, 3.63) is 50.8 Å². The van der Waals surface area contributed by atoms with Crippen molar-refractivity contribution < 1.29 is 8.42 Å². The smallest absolute Gasteiger partial charge is 0.252 e. The minimum atomic E-state index is -3.46. The van der Waals surface area contributed by atoms with Crippen molar-refractivity contribution in [2.75, 3.05) is 13.1 Å². The number of nitrogens with zero attached hydrogens (tertiary/aromatic N) is 4. The second-order valence-corrected chi connectivity index (χ2v) is 11.5. The Morgan fingerprint density at radius 2 is 2.07 bits per heavy atom. The molecule has 144 valence electrons. The number of aromatic nitrogens is 3. The first-order valence-electron chi connectivity index (χ1n) is 8.61. The minimum Gasteiger partial charge on any atom is -0.329 e. The third kappa shape index (κ3) is 3.97. The van der Waals surface area contributed by atoms with Crippen LogP contribution >= 0.6 is 34.3 Å². The van der Waals surface area contributed by atoms with Crippen LogP contribution in [0.5, 0.6) is 0 Å². The Bertz CT molecular complexity index is 1030. The maximum Gasteiger partial charge on any atom is 0.252 e. The maximum absolute atomic E-state index is 12.8. The molecule has 3 aromatic heterocycles. The Hall–Kier alpha value is -1.26. The van der Waals surface area contributed by atoms with E-state index in [9.17, 15) is 8.42 Å². The van der Waals surface area contributed by atoms with Gasteiger partial charge in [0.25, 0.3) is 10.0 Å². The Balaban J connectivity index is 1.45. The molecule has 0 bridgehead atoms. The monoisotopic (exact) mass is 442 g/mol. The third-order valence-corrected chi connectivity index (χ3v) is 9.13. The molecule has 0 amide bonds. The van der Waals surface area contributed by atoms with Gasteiger partial charge in [-0.05, 0) is 31.9 Å². The van der Waals surface area contributed by atoms with E-state index in [1.807, 2.05) is 19.3 Å². The summed E-state index contributed by atoms with van der Waals surface area (Å²) in [6.07, 6.45) is 5.29. The van der Waals surface area contributed by atoms with E-state index < -0.39 is 10.0 Å². The second kappa shape index (κ2) is 7.63. The summed E-state index contributed by atoms with van der Waals surface area (Å²) in [5.41, 5.74) is 1.03. The topological polar surface area (TPSA) is 68.1 Å². The summed E-state index contributed by atoms with van der Waals surface area (Å²) in [7, 11) is -3.46. The van der Waals surface area contributed by atoms with Crippen molar-refractivity contribution in [3.63, 3.8) is 0 Å². The summed E-state index contributed by atoms with van der Waals surface area (Å²) in [5.74, 6) is 1.26. The number of rotatable bonds is 5. The van der Waals surface area contributed by atoms with Gasteiger partial charge in [-0.3, -0.25) is 0 Å². The fourth-order valence-electron chi connectivity index (χ4n) is 3.39. The standard InChI is InChI=1S/C17H19ClN4O2S3/c1-12-20-14(11-25-12)10-21-9-6-19-17(21)13-4-7-22(8-5-13)27(23,24)16-3-2-15(18)26-16/h2-3,6,9,11,13H,4-5,7-8,10H2,1H3. The lowest BCUT2D eigenvalue weighted by Gasteiger charge is -2.30. The van der Waals surface area contributed by atoms with Crippen molar-refractivity contribution in [1.29, 1.82) is 0 Å². The molecule has 0 spiro atoms. The van der Waals surface area contributed by atoms with E-state index >= 15 is 0 Å². The van der Waals surface area contributed by atoms with Gasteiger partial charge in [0.1, 0.15) is 10.0 Å². The number of thiazole rings is 1. The molecule has 4 rings (SSSR count). The predicted octanol–water partition coefficient (Wildman–Crippen LogP) is 3.98. The highest BCUT2D eigenvalue weighted by Gasteiger charge is 2.32. The van der Waals surface area contributed by atoms with Gasteiger partial charge in [0.2, 0.25) is 0 Å². The molecule has 1 aliphatic heterocycles. The number of sulfonamides is 1. The molecule has 1 saturated heterocycles. The Kier molecular flexibility index (Phi) is 5.39. The molecule has 0 unspecified atom stereocenters. The maximum atomic E-state index is 12.8. The van der Waals surface area contributed by atoms with Crippen molar-refractivity contribution in [1.82, 2.24) is 18.8 Å². The third-order valence-electron chi connectivity index (χ3n) is 4.71.